The molecular formula is C42H27N3. The Morgan fingerprint density at radius 1 is 0.400 bits per heavy atom. The number of nitrogens with zero attached hydrogens (tertiary/aromatic N) is 3. The average molecular weight is 574 g/mol. The molecule has 0 fully saturated rings. The molecule has 0 radical (unpaired) electrons. The molecule has 7 aromatic carbocycles. The van der Waals surface area contributed by atoms with Crippen molar-refractivity contribution in [3.63, 3.8) is 0 Å². The third kappa shape index (κ3) is 4.29. The van der Waals surface area contributed by atoms with Crippen LogP contribution in [-0.4, -0.2) is 14.5 Å². The molecule has 0 aliphatic rings. The molecule has 0 aliphatic heterocycles. The lowest BCUT2D eigenvalue weighted by molar-refractivity contribution is 1.14. The van der Waals surface area contributed by atoms with Crippen LogP contribution in [0.1, 0.15) is 0 Å². The quantitative estimate of drug-likeness (QED) is 0.210. The highest BCUT2D eigenvalue weighted by Gasteiger charge is 2.17. The van der Waals surface area contributed by atoms with Gasteiger partial charge in [0.1, 0.15) is 5.52 Å². The van der Waals surface area contributed by atoms with Crippen molar-refractivity contribution in [1.82, 2.24) is 14.5 Å². The van der Waals surface area contributed by atoms with Crippen LogP contribution in [0, 0.1) is 0 Å². The van der Waals surface area contributed by atoms with Gasteiger partial charge in [-0.25, -0.2) is 9.97 Å². The maximum Gasteiger partial charge on any atom is 0.165 e. The van der Waals surface area contributed by atoms with Gasteiger partial charge in [0.15, 0.2) is 5.65 Å². The minimum absolute atomic E-state index is 0.865. The molecule has 45 heavy (non-hydrogen) atoms. The first-order valence-electron chi connectivity index (χ1n) is 15.3. The van der Waals surface area contributed by atoms with E-state index < -0.39 is 0 Å². The molecule has 0 aliphatic carbocycles. The third-order valence-corrected chi connectivity index (χ3v) is 8.79. The molecule has 210 valence electrons. The summed E-state index contributed by atoms with van der Waals surface area (Å²) in [7, 11) is 0. The van der Waals surface area contributed by atoms with Crippen LogP contribution in [0.15, 0.2) is 164 Å². The van der Waals surface area contributed by atoms with Gasteiger partial charge in [0, 0.05) is 11.1 Å². The Kier molecular flexibility index (Phi) is 5.82. The molecular weight excluding hydrogens is 546 g/mol. The van der Waals surface area contributed by atoms with Gasteiger partial charge in [-0.3, -0.25) is 4.57 Å². The largest absolute Gasteiger partial charge is 0.293 e. The summed E-state index contributed by atoms with van der Waals surface area (Å²) in [6, 6.07) is 58.0. The predicted octanol–water partition coefficient (Wildman–Crippen LogP) is 10.9. The van der Waals surface area contributed by atoms with Crippen molar-refractivity contribution in [1.29, 1.82) is 0 Å². The summed E-state index contributed by atoms with van der Waals surface area (Å²) in [5, 5.41) is 3.51. The van der Waals surface area contributed by atoms with Gasteiger partial charge in [0.05, 0.1) is 16.6 Å². The van der Waals surface area contributed by atoms with Gasteiger partial charge in [-0.15, -0.1) is 0 Å². The van der Waals surface area contributed by atoms with Crippen LogP contribution in [0.5, 0.6) is 0 Å². The highest BCUT2D eigenvalue weighted by molar-refractivity contribution is 6.09. The molecule has 3 nitrogen and oxygen atoms in total. The second kappa shape index (κ2) is 10.3. The van der Waals surface area contributed by atoms with Gasteiger partial charge in [0.25, 0.3) is 0 Å². The van der Waals surface area contributed by atoms with E-state index in [2.05, 4.69) is 144 Å². The SMILES string of the molecule is c1ccc(-c2ccccc2-c2ccc(-c3ccc4c(c3)c3nc5ccccc5nc3n4-c3ccc4ccccc4c3)cc2)cc1. The monoisotopic (exact) mass is 573 g/mol. The molecule has 0 saturated carbocycles. The molecule has 3 heteroatoms. The maximum absolute atomic E-state index is 5.16. The number of hydrogen-bond acceptors (Lipinski definition) is 2. The smallest absolute Gasteiger partial charge is 0.165 e. The van der Waals surface area contributed by atoms with E-state index in [-0.39, 0.29) is 0 Å². The number of hydrogen-bond donors (Lipinski definition) is 0. The summed E-state index contributed by atoms with van der Waals surface area (Å²) in [4.78, 5) is 10.3. The Morgan fingerprint density at radius 2 is 1.00 bits per heavy atom. The van der Waals surface area contributed by atoms with Crippen molar-refractivity contribution in [2.24, 2.45) is 0 Å². The van der Waals surface area contributed by atoms with Crippen molar-refractivity contribution in [2.45, 2.75) is 0 Å². The van der Waals surface area contributed by atoms with E-state index in [1.165, 1.54) is 33.0 Å². The van der Waals surface area contributed by atoms with Crippen LogP contribution >= 0.6 is 0 Å². The van der Waals surface area contributed by atoms with Gasteiger partial charge in [0.2, 0.25) is 0 Å². The minimum Gasteiger partial charge on any atom is -0.293 e. The van der Waals surface area contributed by atoms with Crippen molar-refractivity contribution < 1.29 is 0 Å². The highest BCUT2D eigenvalue weighted by atomic mass is 15.1. The fourth-order valence-electron chi connectivity index (χ4n) is 6.57. The fourth-order valence-corrected chi connectivity index (χ4v) is 6.57. The zero-order valence-electron chi connectivity index (χ0n) is 24.4. The summed E-state index contributed by atoms with van der Waals surface area (Å²) >= 11 is 0. The molecule has 0 unspecified atom stereocenters. The van der Waals surface area contributed by atoms with Crippen molar-refractivity contribution in [2.75, 3.05) is 0 Å². The van der Waals surface area contributed by atoms with Crippen molar-refractivity contribution >= 4 is 43.9 Å². The first-order chi connectivity index (χ1) is 22.3. The lowest BCUT2D eigenvalue weighted by Gasteiger charge is -2.11. The van der Waals surface area contributed by atoms with E-state index >= 15 is 0 Å². The van der Waals surface area contributed by atoms with E-state index in [0.717, 1.165) is 49.9 Å². The average Bonchev–Trinajstić information content (AvgIpc) is 3.43. The Bertz CT molecular complexity index is 2530. The summed E-state index contributed by atoms with van der Waals surface area (Å²) in [6.45, 7) is 0. The van der Waals surface area contributed by atoms with E-state index in [4.69, 9.17) is 9.97 Å². The van der Waals surface area contributed by atoms with E-state index in [9.17, 15) is 0 Å². The van der Waals surface area contributed by atoms with Gasteiger partial charge >= 0.3 is 0 Å². The number of para-hydroxylation sites is 2. The normalized spacial score (nSPS) is 11.6. The molecule has 0 atom stereocenters. The van der Waals surface area contributed by atoms with Crippen LogP contribution in [0.25, 0.3) is 82.9 Å². The Balaban J connectivity index is 1.20. The molecule has 0 spiro atoms. The standard InChI is InChI=1S/C42H27N3/c1-2-11-30(12-3-1)35-14-6-7-15-36(35)31-20-18-29(19-21-31)33-23-25-40-37(27-33)41-42(44-39-17-9-8-16-38(39)43-41)45(40)34-24-22-28-10-4-5-13-32(28)26-34/h1-27H. The van der Waals surface area contributed by atoms with Crippen LogP contribution in [0.4, 0.5) is 0 Å². The molecule has 0 saturated heterocycles. The molecule has 9 rings (SSSR count). The molecule has 2 heterocycles. The predicted molar refractivity (Wildman–Crippen MR) is 188 cm³/mol. The maximum atomic E-state index is 5.16. The van der Waals surface area contributed by atoms with Crippen molar-refractivity contribution in [3.8, 4) is 39.1 Å². The summed E-state index contributed by atoms with van der Waals surface area (Å²) in [5.74, 6) is 0. The van der Waals surface area contributed by atoms with E-state index in [1.54, 1.807) is 0 Å². The number of fused-ring (bicyclic) bond motifs is 5. The highest BCUT2D eigenvalue weighted by Crippen LogP contribution is 2.37. The first kappa shape index (κ1) is 25.4. The summed E-state index contributed by atoms with van der Waals surface area (Å²) in [5.41, 5.74) is 12.9. The van der Waals surface area contributed by atoms with E-state index in [0.29, 0.717) is 0 Å². The molecule has 0 amide bonds. The zero-order valence-corrected chi connectivity index (χ0v) is 24.4. The summed E-state index contributed by atoms with van der Waals surface area (Å²) < 4.78 is 2.25. The zero-order chi connectivity index (χ0) is 29.7. The minimum atomic E-state index is 0.865. The second-order valence-electron chi connectivity index (χ2n) is 11.5. The van der Waals surface area contributed by atoms with Crippen molar-refractivity contribution in [3.05, 3.63) is 164 Å². The molecule has 2 aromatic heterocycles. The Labute approximate surface area is 260 Å². The van der Waals surface area contributed by atoms with Crippen LogP contribution in [0.2, 0.25) is 0 Å². The summed E-state index contributed by atoms with van der Waals surface area (Å²) in [6.07, 6.45) is 0. The number of aromatic nitrogens is 3. The van der Waals surface area contributed by atoms with Crippen LogP contribution in [0.3, 0.4) is 0 Å². The van der Waals surface area contributed by atoms with Gasteiger partial charge in [-0.05, 0) is 80.6 Å². The van der Waals surface area contributed by atoms with Crippen LogP contribution < -0.4 is 0 Å². The topological polar surface area (TPSA) is 30.7 Å². The van der Waals surface area contributed by atoms with Gasteiger partial charge < -0.3 is 0 Å². The molecule has 0 N–H and O–H groups in total. The Morgan fingerprint density at radius 3 is 1.78 bits per heavy atom. The third-order valence-electron chi connectivity index (χ3n) is 8.79. The van der Waals surface area contributed by atoms with Crippen LogP contribution in [-0.2, 0) is 0 Å². The molecule has 9 aromatic rings. The fraction of sp³-hybridized carbons (Fsp3) is 0. The number of benzene rings is 7. The van der Waals surface area contributed by atoms with Gasteiger partial charge in [-0.1, -0.05) is 127 Å². The number of rotatable bonds is 4. The lowest BCUT2D eigenvalue weighted by atomic mass is 9.93. The Hall–Kier alpha value is -6.06. The van der Waals surface area contributed by atoms with E-state index in [1.807, 2.05) is 24.3 Å². The second-order valence-corrected chi connectivity index (χ2v) is 11.5. The molecule has 0 bridgehead atoms. The first-order valence-corrected chi connectivity index (χ1v) is 15.3. The lowest BCUT2D eigenvalue weighted by Crippen LogP contribution is -1.96. The van der Waals surface area contributed by atoms with Gasteiger partial charge in [-0.2, -0.15) is 0 Å².